The minimum atomic E-state index is 0.638. The molecule has 0 radical (unpaired) electrons. The average molecular weight is 174 g/mol. The molecule has 0 N–H and O–H groups in total. The van der Waals surface area contributed by atoms with Crippen molar-refractivity contribution in [1.82, 2.24) is 4.98 Å². The number of halogens is 1. The van der Waals surface area contributed by atoms with E-state index in [2.05, 4.69) is 11.9 Å². The number of rotatable bonds is 0. The Morgan fingerprint density at radius 2 is 2.50 bits per heavy atom. The molecule has 1 atom stereocenters. The van der Waals surface area contributed by atoms with Crippen LogP contribution in [-0.2, 0) is 6.42 Å². The Morgan fingerprint density at radius 1 is 1.70 bits per heavy atom. The predicted octanol–water partition coefficient (Wildman–Crippen LogP) is 2.85. The zero-order chi connectivity index (χ0) is 7.14. The van der Waals surface area contributed by atoms with Gasteiger partial charge in [0, 0.05) is 4.88 Å². The highest BCUT2D eigenvalue weighted by Gasteiger charge is 2.22. The van der Waals surface area contributed by atoms with Crippen molar-refractivity contribution in [3.8, 4) is 0 Å². The molecule has 0 spiro atoms. The first-order valence-corrected chi connectivity index (χ1v) is 4.62. The highest BCUT2D eigenvalue weighted by atomic mass is 35.5. The van der Waals surface area contributed by atoms with Gasteiger partial charge in [-0.3, -0.25) is 0 Å². The van der Waals surface area contributed by atoms with Gasteiger partial charge in [0.25, 0.3) is 0 Å². The second-order valence-corrected chi connectivity index (χ2v) is 4.38. The Morgan fingerprint density at radius 3 is 3.20 bits per heavy atom. The Kier molecular flexibility index (Phi) is 1.46. The summed E-state index contributed by atoms with van der Waals surface area (Å²) in [5.74, 6) is 0.638. The summed E-state index contributed by atoms with van der Waals surface area (Å²) in [6.07, 6.45) is 2.44. The van der Waals surface area contributed by atoms with E-state index in [4.69, 9.17) is 11.6 Å². The van der Waals surface area contributed by atoms with Gasteiger partial charge in [0.1, 0.15) is 0 Å². The number of thiazole rings is 1. The summed E-state index contributed by atoms with van der Waals surface area (Å²) >= 11 is 7.39. The molecule has 0 bridgehead atoms. The topological polar surface area (TPSA) is 12.9 Å². The minimum absolute atomic E-state index is 0.638. The molecule has 1 aromatic rings. The van der Waals surface area contributed by atoms with Crippen LogP contribution in [0.3, 0.4) is 0 Å². The van der Waals surface area contributed by atoms with E-state index in [-0.39, 0.29) is 0 Å². The van der Waals surface area contributed by atoms with Crippen molar-refractivity contribution in [2.45, 2.75) is 25.7 Å². The van der Waals surface area contributed by atoms with Crippen molar-refractivity contribution in [3.63, 3.8) is 0 Å². The summed E-state index contributed by atoms with van der Waals surface area (Å²) in [7, 11) is 0. The van der Waals surface area contributed by atoms with E-state index in [1.807, 2.05) is 0 Å². The number of hydrogen-bond donors (Lipinski definition) is 0. The van der Waals surface area contributed by atoms with E-state index in [0.717, 1.165) is 0 Å². The number of nitrogens with zero attached hydrogens (tertiary/aromatic N) is 1. The van der Waals surface area contributed by atoms with Crippen LogP contribution >= 0.6 is 22.9 Å². The third-order valence-electron chi connectivity index (χ3n) is 1.97. The smallest absolute Gasteiger partial charge is 0.184 e. The largest absolute Gasteiger partial charge is 0.229 e. The molecule has 0 saturated carbocycles. The van der Waals surface area contributed by atoms with Crippen molar-refractivity contribution >= 4 is 22.9 Å². The van der Waals surface area contributed by atoms with Crippen LogP contribution in [0.25, 0.3) is 0 Å². The molecule has 1 heterocycles. The Bertz CT molecular complexity index is 256. The fourth-order valence-electron chi connectivity index (χ4n) is 1.38. The van der Waals surface area contributed by atoms with Crippen LogP contribution in [0.2, 0.25) is 4.47 Å². The zero-order valence-electron chi connectivity index (χ0n) is 5.72. The molecule has 0 aliphatic heterocycles. The van der Waals surface area contributed by atoms with Gasteiger partial charge < -0.3 is 0 Å². The molecule has 2 rings (SSSR count). The molecule has 0 fully saturated rings. The monoisotopic (exact) mass is 173 g/mol. The third kappa shape index (κ3) is 0.867. The molecule has 0 saturated heterocycles. The van der Waals surface area contributed by atoms with Crippen molar-refractivity contribution in [1.29, 1.82) is 0 Å². The second-order valence-electron chi connectivity index (χ2n) is 2.71. The molecule has 1 nitrogen and oxygen atoms in total. The highest BCUT2D eigenvalue weighted by Crippen LogP contribution is 2.37. The molecular weight excluding hydrogens is 166 g/mol. The lowest BCUT2D eigenvalue weighted by Crippen LogP contribution is -1.85. The number of aryl methyl sites for hydroxylation is 1. The van der Waals surface area contributed by atoms with Crippen LogP contribution in [0.15, 0.2) is 0 Å². The maximum atomic E-state index is 5.75. The molecule has 54 valence electrons. The Balaban J connectivity index is 2.49. The highest BCUT2D eigenvalue weighted by molar-refractivity contribution is 7.15. The van der Waals surface area contributed by atoms with Crippen molar-refractivity contribution in [3.05, 3.63) is 15.0 Å². The van der Waals surface area contributed by atoms with Crippen LogP contribution in [0, 0.1) is 0 Å². The van der Waals surface area contributed by atoms with E-state index < -0.39 is 0 Å². The van der Waals surface area contributed by atoms with Crippen LogP contribution in [0.4, 0.5) is 0 Å². The first kappa shape index (κ1) is 6.62. The molecule has 0 aromatic carbocycles. The third-order valence-corrected chi connectivity index (χ3v) is 3.21. The van der Waals surface area contributed by atoms with E-state index in [1.165, 1.54) is 23.4 Å². The van der Waals surface area contributed by atoms with E-state index >= 15 is 0 Å². The summed E-state index contributed by atoms with van der Waals surface area (Å²) in [6, 6.07) is 0. The Labute approximate surface area is 69.0 Å². The molecule has 1 aromatic heterocycles. The SMILES string of the molecule is C[C@@H]1CCc2sc(Cl)nc21. The van der Waals surface area contributed by atoms with Gasteiger partial charge in [-0.1, -0.05) is 18.5 Å². The summed E-state index contributed by atoms with van der Waals surface area (Å²) in [6.45, 7) is 2.21. The van der Waals surface area contributed by atoms with Gasteiger partial charge >= 0.3 is 0 Å². The van der Waals surface area contributed by atoms with Crippen molar-refractivity contribution < 1.29 is 0 Å². The lowest BCUT2D eigenvalue weighted by molar-refractivity contribution is 0.731. The average Bonchev–Trinajstić information content (AvgIpc) is 2.35. The lowest BCUT2D eigenvalue weighted by Gasteiger charge is -1.95. The van der Waals surface area contributed by atoms with Gasteiger partial charge in [-0.05, 0) is 18.8 Å². The van der Waals surface area contributed by atoms with E-state index in [0.29, 0.717) is 10.4 Å². The number of hydrogen-bond acceptors (Lipinski definition) is 2. The van der Waals surface area contributed by atoms with Crippen LogP contribution < -0.4 is 0 Å². The maximum Gasteiger partial charge on any atom is 0.184 e. The summed E-state index contributed by atoms with van der Waals surface area (Å²) < 4.78 is 0.705. The van der Waals surface area contributed by atoms with E-state index in [9.17, 15) is 0 Å². The summed E-state index contributed by atoms with van der Waals surface area (Å²) in [5, 5.41) is 0. The quantitative estimate of drug-likeness (QED) is 0.588. The fraction of sp³-hybridized carbons (Fsp3) is 0.571. The van der Waals surface area contributed by atoms with Gasteiger partial charge in [0.15, 0.2) is 4.47 Å². The normalized spacial score (nSPS) is 23.2. The first-order valence-electron chi connectivity index (χ1n) is 3.42. The standard InChI is InChI=1S/C7H8ClNS/c1-4-2-3-5-6(4)9-7(8)10-5/h4H,2-3H2,1H3/t4-/m1/s1. The van der Waals surface area contributed by atoms with Gasteiger partial charge in [-0.15, -0.1) is 11.3 Å². The number of fused-ring (bicyclic) bond motifs is 1. The van der Waals surface area contributed by atoms with Gasteiger partial charge in [-0.25, -0.2) is 4.98 Å². The lowest BCUT2D eigenvalue weighted by atomic mass is 10.1. The summed E-state index contributed by atoms with van der Waals surface area (Å²) in [4.78, 5) is 5.66. The maximum absolute atomic E-state index is 5.75. The zero-order valence-corrected chi connectivity index (χ0v) is 7.30. The van der Waals surface area contributed by atoms with Gasteiger partial charge in [0.2, 0.25) is 0 Å². The van der Waals surface area contributed by atoms with Gasteiger partial charge in [0.05, 0.1) is 5.69 Å². The van der Waals surface area contributed by atoms with Crippen LogP contribution in [-0.4, -0.2) is 4.98 Å². The molecular formula is C7H8ClNS. The molecule has 1 aliphatic rings. The predicted molar refractivity (Wildman–Crippen MR) is 43.9 cm³/mol. The molecule has 0 amide bonds. The minimum Gasteiger partial charge on any atom is -0.229 e. The fourth-order valence-corrected chi connectivity index (χ4v) is 2.67. The van der Waals surface area contributed by atoms with Crippen LogP contribution in [0.5, 0.6) is 0 Å². The summed E-state index contributed by atoms with van der Waals surface area (Å²) in [5.41, 5.74) is 1.25. The van der Waals surface area contributed by atoms with Gasteiger partial charge in [-0.2, -0.15) is 0 Å². The van der Waals surface area contributed by atoms with Crippen molar-refractivity contribution in [2.75, 3.05) is 0 Å². The molecule has 3 heteroatoms. The van der Waals surface area contributed by atoms with Crippen LogP contribution in [0.1, 0.15) is 29.8 Å². The number of aromatic nitrogens is 1. The van der Waals surface area contributed by atoms with E-state index in [1.54, 1.807) is 11.3 Å². The molecule has 10 heavy (non-hydrogen) atoms. The molecule has 0 unspecified atom stereocenters. The second kappa shape index (κ2) is 2.21. The van der Waals surface area contributed by atoms with Crippen molar-refractivity contribution in [2.24, 2.45) is 0 Å². The molecule has 1 aliphatic carbocycles. The Hall–Kier alpha value is -0.0800. The first-order chi connectivity index (χ1) is 4.77.